The van der Waals surface area contributed by atoms with Gasteiger partial charge in [0.05, 0.1) is 17.2 Å². The lowest BCUT2D eigenvalue weighted by molar-refractivity contribution is -0.159. The number of rotatable bonds is 7. The number of carbonyl (C=O) groups excluding carboxylic acids is 2. The Morgan fingerprint density at radius 3 is 2.65 bits per heavy atom. The number of anilines is 1. The van der Waals surface area contributed by atoms with Gasteiger partial charge in [-0.2, -0.15) is 5.10 Å². The monoisotopic (exact) mass is 469 g/mol. The molecule has 0 aliphatic carbocycles. The van der Waals surface area contributed by atoms with Gasteiger partial charge in [0.25, 0.3) is 0 Å². The fraction of sp³-hybridized carbons (Fsp3) is 0.391. The molecule has 11 nitrogen and oxygen atoms in total. The summed E-state index contributed by atoms with van der Waals surface area (Å²) in [4.78, 5) is 29.0. The highest BCUT2D eigenvalue weighted by atomic mass is 16.6. The van der Waals surface area contributed by atoms with E-state index in [-0.39, 0.29) is 19.0 Å². The number of benzene rings is 1. The third-order valence-electron chi connectivity index (χ3n) is 5.84. The van der Waals surface area contributed by atoms with Gasteiger partial charge in [0, 0.05) is 6.54 Å². The van der Waals surface area contributed by atoms with Gasteiger partial charge in [-0.15, -0.1) is 0 Å². The first kappa shape index (κ1) is 23.6. The summed E-state index contributed by atoms with van der Waals surface area (Å²) in [5.41, 5.74) is 11.8. The highest BCUT2D eigenvalue weighted by Gasteiger charge is 2.58. The van der Waals surface area contributed by atoms with Crippen molar-refractivity contribution in [2.45, 2.75) is 37.8 Å². The van der Waals surface area contributed by atoms with E-state index in [0.717, 1.165) is 0 Å². The number of aromatic nitrogens is 3. The van der Waals surface area contributed by atoms with Gasteiger partial charge in [-0.3, -0.25) is 4.79 Å². The molecule has 5 N–H and O–H groups in total. The predicted molar refractivity (Wildman–Crippen MR) is 120 cm³/mol. The smallest absolute Gasteiger partial charge is 0.338 e. The van der Waals surface area contributed by atoms with Crippen LogP contribution in [0.2, 0.25) is 0 Å². The molecule has 1 fully saturated rings. The summed E-state index contributed by atoms with van der Waals surface area (Å²) in [7, 11) is 0. The zero-order chi connectivity index (χ0) is 24.5. The molecule has 0 radical (unpaired) electrons. The van der Waals surface area contributed by atoms with Crippen molar-refractivity contribution in [3.63, 3.8) is 0 Å². The SMILES string of the molecule is CC(C)C(=O)O[C@H]1[C@H](c2ccc3c(N)ncnn23)O[C@](CN)(COC(=O)c2ccccc2)[C@H]1O. The first-order chi connectivity index (χ1) is 16.3. The van der Waals surface area contributed by atoms with Crippen LogP contribution in [0.1, 0.15) is 36.0 Å². The van der Waals surface area contributed by atoms with Crippen LogP contribution in [0.5, 0.6) is 0 Å². The molecule has 2 aromatic heterocycles. The van der Waals surface area contributed by atoms with E-state index < -0.39 is 41.8 Å². The molecule has 1 aromatic carbocycles. The highest BCUT2D eigenvalue weighted by molar-refractivity contribution is 5.89. The van der Waals surface area contributed by atoms with E-state index in [0.29, 0.717) is 16.8 Å². The van der Waals surface area contributed by atoms with Gasteiger partial charge in [0.15, 0.2) is 11.9 Å². The molecule has 1 aliphatic rings. The molecule has 4 rings (SSSR count). The number of ether oxygens (including phenoxy) is 3. The third-order valence-corrected chi connectivity index (χ3v) is 5.84. The maximum Gasteiger partial charge on any atom is 0.338 e. The van der Waals surface area contributed by atoms with Crippen molar-refractivity contribution in [2.24, 2.45) is 11.7 Å². The van der Waals surface area contributed by atoms with Crippen molar-refractivity contribution in [2.75, 3.05) is 18.9 Å². The van der Waals surface area contributed by atoms with Gasteiger partial charge < -0.3 is 30.8 Å². The molecule has 1 aliphatic heterocycles. The van der Waals surface area contributed by atoms with Crippen molar-refractivity contribution < 1.29 is 28.9 Å². The van der Waals surface area contributed by atoms with Crippen LogP contribution in [-0.4, -0.2) is 62.6 Å². The first-order valence-corrected chi connectivity index (χ1v) is 10.8. The maximum atomic E-state index is 12.5. The van der Waals surface area contributed by atoms with Gasteiger partial charge >= 0.3 is 11.9 Å². The Balaban J connectivity index is 1.67. The minimum absolute atomic E-state index is 0.205. The second-order valence-electron chi connectivity index (χ2n) is 8.45. The fourth-order valence-corrected chi connectivity index (χ4v) is 3.86. The zero-order valence-corrected chi connectivity index (χ0v) is 18.8. The van der Waals surface area contributed by atoms with Crippen LogP contribution in [0, 0.1) is 5.92 Å². The van der Waals surface area contributed by atoms with E-state index in [1.807, 2.05) is 0 Å². The summed E-state index contributed by atoms with van der Waals surface area (Å²) in [6.07, 6.45) is -2.21. The van der Waals surface area contributed by atoms with E-state index in [9.17, 15) is 14.7 Å². The summed E-state index contributed by atoms with van der Waals surface area (Å²) < 4.78 is 18.8. The molecule has 0 unspecified atom stereocenters. The molecule has 0 amide bonds. The Bertz CT molecular complexity index is 1180. The molecule has 0 saturated carbocycles. The number of nitrogens with zero attached hydrogens (tertiary/aromatic N) is 3. The minimum Gasteiger partial charge on any atom is -0.459 e. The standard InChI is InChI=1S/C23H27N5O6/c1-13(2)21(30)33-18-17(15-8-9-16-20(25)26-12-27-28(15)16)34-23(10-24,19(18)29)11-32-22(31)14-6-4-3-5-7-14/h3-9,12-13,17-19,29H,10-11,24H2,1-2H3,(H2,25,26,27)/t17-,18-,19-,23+/m0/s1. The van der Waals surface area contributed by atoms with Crippen molar-refractivity contribution in [1.29, 1.82) is 0 Å². The van der Waals surface area contributed by atoms with Gasteiger partial charge in [0.1, 0.15) is 36.3 Å². The Labute approximate surface area is 195 Å². The fourth-order valence-electron chi connectivity index (χ4n) is 3.86. The quantitative estimate of drug-likeness (QED) is 0.423. The highest BCUT2D eigenvalue weighted by Crippen LogP contribution is 2.42. The molecule has 3 heterocycles. The van der Waals surface area contributed by atoms with E-state index in [1.165, 1.54) is 10.8 Å². The van der Waals surface area contributed by atoms with Crippen molar-refractivity contribution in [3.05, 3.63) is 60.0 Å². The number of nitrogen functional groups attached to an aromatic ring is 1. The van der Waals surface area contributed by atoms with Crippen LogP contribution in [0.25, 0.3) is 5.52 Å². The molecule has 180 valence electrons. The average Bonchev–Trinajstić information content (AvgIpc) is 3.39. The predicted octanol–water partition coefficient (Wildman–Crippen LogP) is 0.866. The summed E-state index contributed by atoms with van der Waals surface area (Å²) in [6.45, 7) is 2.80. The van der Waals surface area contributed by atoms with Crippen LogP contribution in [0.15, 0.2) is 48.8 Å². The molecule has 0 bridgehead atoms. The Morgan fingerprint density at radius 1 is 1.24 bits per heavy atom. The zero-order valence-electron chi connectivity index (χ0n) is 18.8. The number of esters is 2. The first-order valence-electron chi connectivity index (χ1n) is 10.8. The molecular formula is C23H27N5O6. The van der Waals surface area contributed by atoms with Gasteiger partial charge in [-0.25, -0.2) is 14.3 Å². The average molecular weight is 469 g/mol. The number of hydrogen-bond acceptors (Lipinski definition) is 10. The number of nitrogens with two attached hydrogens (primary N) is 2. The van der Waals surface area contributed by atoms with Gasteiger partial charge in [-0.05, 0) is 24.3 Å². The second-order valence-corrected chi connectivity index (χ2v) is 8.45. The second kappa shape index (κ2) is 9.37. The Hall–Kier alpha value is -3.54. The van der Waals surface area contributed by atoms with Crippen LogP contribution < -0.4 is 11.5 Å². The lowest BCUT2D eigenvalue weighted by Gasteiger charge is -2.30. The van der Waals surface area contributed by atoms with Crippen LogP contribution >= 0.6 is 0 Å². The number of aliphatic hydroxyl groups excluding tert-OH is 1. The summed E-state index contributed by atoms with van der Waals surface area (Å²) in [5.74, 6) is -1.32. The van der Waals surface area contributed by atoms with Crippen LogP contribution in [0.4, 0.5) is 5.82 Å². The molecule has 4 atom stereocenters. The molecule has 0 spiro atoms. The Kier molecular flexibility index (Phi) is 6.51. The number of fused-ring (bicyclic) bond motifs is 1. The van der Waals surface area contributed by atoms with Crippen LogP contribution in [-0.2, 0) is 19.0 Å². The van der Waals surface area contributed by atoms with Gasteiger partial charge in [0.2, 0.25) is 0 Å². The molecule has 11 heteroatoms. The lowest BCUT2D eigenvalue weighted by Crippen LogP contribution is -2.53. The number of hydrogen-bond donors (Lipinski definition) is 3. The van der Waals surface area contributed by atoms with E-state index in [1.54, 1.807) is 56.3 Å². The summed E-state index contributed by atoms with van der Waals surface area (Å²) in [5, 5.41) is 15.5. The lowest BCUT2D eigenvalue weighted by atomic mass is 9.94. The van der Waals surface area contributed by atoms with Crippen LogP contribution in [0.3, 0.4) is 0 Å². The third kappa shape index (κ3) is 4.20. The molecule has 3 aromatic rings. The number of aliphatic hydroxyl groups is 1. The topological polar surface area (TPSA) is 164 Å². The molecule has 1 saturated heterocycles. The van der Waals surface area contributed by atoms with Gasteiger partial charge in [-0.1, -0.05) is 32.0 Å². The number of carbonyl (C=O) groups is 2. The maximum absolute atomic E-state index is 12.5. The molecular weight excluding hydrogens is 442 g/mol. The van der Waals surface area contributed by atoms with E-state index >= 15 is 0 Å². The largest absolute Gasteiger partial charge is 0.459 e. The summed E-state index contributed by atoms with van der Waals surface area (Å²) in [6, 6.07) is 11.8. The van der Waals surface area contributed by atoms with E-state index in [4.69, 9.17) is 25.7 Å². The van der Waals surface area contributed by atoms with Crippen molar-refractivity contribution in [1.82, 2.24) is 14.6 Å². The Morgan fingerprint density at radius 2 is 1.97 bits per heavy atom. The van der Waals surface area contributed by atoms with E-state index in [2.05, 4.69) is 10.1 Å². The minimum atomic E-state index is -1.53. The van der Waals surface area contributed by atoms with Crippen molar-refractivity contribution in [3.8, 4) is 0 Å². The molecule has 34 heavy (non-hydrogen) atoms. The summed E-state index contributed by atoms with van der Waals surface area (Å²) >= 11 is 0. The van der Waals surface area contributed by atoms with Crippen molar-refractivity contribution >= 4 is 23.3 Å². The normalized spacial score (nSPS) is 24.4.